The van der Waals surface area contributed by atoms with Crippen molar-refractivity contribution in [2.75, 3.05) is 44.1 Å². The molecule has 3 heterocycles. The van der Waals surface area contributed by atoms with Crippen molar-refractivity contribution >= 4 is 17.8 Å². The van der Waals surface area contributed by atoms with E-state index in [4.69, 9.17) is 2.74 Å². The Morgan fingerprint density at radius 3 is 2.25 bits per heavy atom. The monoisotopic (exact) mass is 385 g/mol. The summed E-state index contributed by atoms with van der Waals surface area (Å²) in [4.78, 5) is 39.5. The number of fused-ring (bicyclic) bond motifs is 5. The number of hydrogen-bond acceptors (Lipinski definition) is 6. The highest BCUT2D eigenvalue weighted by Crippen LogP contribution is 2.56. The molecule has 4 aliphatic rings. The largest absolute Gasteiger partial charge is 0.338 e. The fourth-order valence-electron chi connectivity index (χ4n) is 5.68. The number of carbonyl (C=O) groups is 2. The third-order valence-corrected chi connectivity index (χ3v) is 7.03. The van der Waals surface area contributed by atoms with Crippen molar-refractivity contribution in [3.05, 3.63) is 18.5 Å². The molecule has 4 fully saturated rings. The minimum absolute atomic E-state index is 0.00855. The van der Waals surface area contributed by atoms with Gasteiger partial charge in [0.2, 0.25) is 17.8 Å². The molecular weight excluding hydrogens is 354 g/mol. The molecule has 4 atom stereocenters. The maximum atomic E-state index is 12.8. The Kier molecular flexibility index (Phi) is 4.20. The Bertz CT molecular complexity index is 787. The van der Waals surface area contributed by atoms with Crippen molar-refractivity contribution < 1.29 is 12.3 Å². The summed E-state index contributed by atoms with van der Waals surface area (Å²) in [6.45, 7) is 1.45. The molecule has 0 N–H and O–H groups in total. The van der Waals surface area contributed by atoms with Gasteiger partial charge in [0.05, 0.1) is 11.8 Å². The number of carbonyl (C=O) groups excluding carboxylic acids is 2. The fourth-order valence-corrected chi connectivity index (χ4v) is 5.68. The maximum absolute atomic E-state index is 12.8. The molecule has 7 heteroatoms. The van der Waals surface area contributed by atoms with Crippen molar-refractivity contribution in [2.45, 2.75) is 32.1 Å². The molecule has 2 amide bonds. The fraction of sp³-hybridized carbons (Fsp3) is 0.714. The number of likely N-dealkylation sites (tertiary alicyclic amines) is 1. The summed E-state index contributed by atoms with van der Waals surface area (Å²) >= 11 is 0. The quantitative estimate of drug-likeness (QED) is 0.690. The zero-order valence-electron chi connectivity index (χ0n) is 18.2. The lowest BCUT2D eigenvalue weighted by Gasteiger charge is -2.34. The van der Waals surface area contributed by atoms with Gasteiger partial charge in [-0.25, -0.2) is 9.97 Å². The number of hydrogen-bond donors (Lipinski definition) is 0. The van der Waals surface area contributed by atoms with Crippen LogP contribution in [0.5, 0.6) is 0 Å². The van der Waals surface area contributed by atoms with E-state index in [9.17, 15) is 9.59 Å². The molecule has 1 aromatic rings. The summed E-state index contributed by atoms with van der Waals surface area (Å²) in [5.41, 5.74) is 0. The van der Waals surface area contributed by atoms with Gasteiger partial charge in [-0.15, -0.1) is 0 Å². The van der Waals surface area contributed by atoms with Crippen molar-refractivity contribution in [1.82, 2.24) is 19.8 Å². The van der Waals surface area contributed by atoms with Crippen molar-refractivity contribution in [1.29, 1.82) is 0 Å². The van der Waals surface area contributed by atoms with E-state index in [1.807, 2.05) is 4.90 Å². The first-order valence-corrected chi connectivity index (χ1v) is 10.6. The van der Waals surface area contributed by atoms with Crippen LogP contribution >= 0.6 is 0 Å². The molecule has 5 rings (SSSR count). The number of aromatic nitrogens is 2. The Hall–Kier alpha value is -2.02. The average molecular weight is 386 g/mol. The second kappa shape index (κ2) is 7.43. The van der Waals surface area contributed by atoms with E-state index >= 15 is 0 Å². The standard InChI is InChI=1S/C21H29N5O2/c27-19-17-15-4-5-16(14-15)18(17)20(28)26(19)9-2-1-8-24-10-12-25(13-11-24)21-22-6-3-7-23-21/h3,6-7,15-18H,1-2,4-5,8-14H2/t15-,16+,17-,18+/i8D2. The van der Waals surface area contributed by atoms with E-state index in [-0.39, 0.29) is 23.7 Å². The Balaban J connectivity index is 1.12. The van der Waals surface area contributed by atoms with Crippen LogP contribution in [0.2, 0.25) is 0 Å². The van der Waals surface area contributed by atoms with Gasteiger partial charge in [0.1, 0.15) is 0 Å². The summed E-state index contributed by atoms with van der Waals surface area (Å²) in [6, 6.07) is 1.78. The first-order valence-electron chi connectivity index (χ1n) is 11.6. The smallest absolute Gasteiger partial charge is 0.233 e. The lowest BCUT2D eigenvalue weighted by Crippen LogP contribution is -2.47. The summed E-state index contributed by atoms with van der Waals surface area (Å²) in [6.07, 6.45) is 7.46. The zero-order valence-corrected chi connectivity index (χ0v) is 16.2. The molecule has 7 nitrogen and oxygen atoms in total. The lowest BCUT2D eigenvalue weighted by molar-refractivity contribution is -0.140. The maximum Gasteiger partial charge on any atom is 0.233 e. The molecule has 0 aromatic carbocycles. The number of anilines is 1. The van der Waals surface area contributed by atoms with Gasteiger partial charge in [-0.2, -0.15) is 0 Å². The molecule has 0 radical (unpaired) electrons. The van der Waals surface area contributed by atoms with Crippen LogP contribution in [0, 0.1) is 23.7 Å². The molecule has 2 bridgehead atoms. The highest BCUT2D eigenvalue weighted by molar-refractivity contribution is 6.06. The summed E-state index contributed by atoms with van der Waals surface area (Å²) in [7, 11) is 0. The molecular formula is C21H29N5O2. The van der Waals surface area contributed by atoms with E-state index in [2.05, 4.69) is 14.9 Å². The normalized spacial score (nSPS) is 34.0. The van der Waals surface area contributed by atoms with Gasteiger partial charge in [0.15, 0.2) is 0 Å². The van der Waals surface area contributed by atoms with Crippen LogP contribution in [0.15, 0.2) is 18.5 Å². The van der Waals surface area contributed by atoms with E-state index in [0.717, 1.165) is 19.3 Å². The molecule has 2 aliphatic heterocycles. The van der Waals surface area contributed by atoms with Gasteiger partial charge < -0.3 is 4.90 Å². The molecule has 2 saturated carbocycles. The predicted octanol–water partition coefficient (Wildman–Crippen LogP) is 1.41. The molecule has 2 saturated heterocycles. The van der Waals surface area contributed by atoms with Gasteiger partial charge >= 0.3 is 0 Å². The van der Waals surface area contributed by atoms with Crippen LogP contribution in [0.3, 0.4) is 0 Å². The summed E-state index contributed by atoms with van der Waals surface area (Å²) < 4.78 is 17.0. The van der Waals surface area contributed by atoms with Gasteiger partial charge in [-0.1, -0.05) is 0 Å². The number of imide groups is 1. The minimum atomic E-state index is -1.45. The molecule has 0 unspecified atom stereocenters. The first-order chi connectivity index (χ1) is 14.5. The van der Waals surface area contributed by atoms with Gasteiger partial charge in [-0.3, -0.25) is 19.4 Å². The van der Waals surface area contributed by atoms with Gasteiger partial charge in [-0.05, 0) is 56.5 Å². The van der Waals surface area contributed by atoms with Crippen LogP contribution in [0.1, 0.15) is 34.8 Å². The molecule has 28 heavy (non-hydrogen) atoms. The minimum Gasteiger partial charge on any atom is -0.338 e. The van der Waals surface area contributed by atoms with E-state index in [1.165, 1.54) is 4.90 Å². The molecule has 1 aromatic heterocycles. The van der Waals surface area contributed by atoms with Crippen molar-refractivity contribution in [3.8, 4) is 0 Å². The van der Waals surface area contributed by atoms with E-state index in [1.54, 1.807) is 18.5 Å². The summed E-state index contributed by atoms with van der Waals surface area (Å²) in [5, 5.41) is 0. The third-order valence-electron chi connectivity index (χ3n) is 7.03. The number of rotatable bonds is 6. The average Bonchev–Trinajstić information content (AvgIpc) is 3.44. The SMILES string of the molecule is [2H]C([2H])(CCCN1C(=O)[C@@H]2[C@@H]3CC[C@@H](C3)[C@@H]2C1=O)N1CCN(c2ncccn2)CC1. The second-order valence-electron chi connectivity index (χ2n) is 8.50. The van der Waals surface area contributed by atoms with Gasteiger partial charge in [0.25, 0.3) is 0 Å². The van der Waals surface area contributed by atoms with Crippen molar-refractivity contribution in [2.24, 2.45) is 23.7 Å². The van der Waals surface area contributed by atoms with E-state index in [0.29, 0.717) is 63.3 Å². The number of piperazine rings is 1. The van der Waals surface area contributed by atoms with Crippen LogP contribution in [0.4, 0.5) is 5.95 Å². The van der Waals surface area contributed by atoms with E-state index < -0.39 is 6.50 Å². The number of amides is 2. The molecule has 0 spiro atoms. The van der Waals surface area contributed by atoms with Gasteiger partial charge in [0, 0.05) is 47.9 Å². The van der Waals surface area contributed by atoms with Crippen LogP contribution in [-0.2, 0) is 9.59 Å². The lowest BCUT2D eigenvalue weighted by atomic mass is 9.81. The third kappa shape index (κ3) is 3.09. The summed E-state index contributed by atoms with van der Waals surface area (Å²) in [5.74, 6) is 1.34. The number of nitrogens with zero attached hydrogens (tertiary/aromatic N) is 5. The predicted molar refractivity (Wildman–Crippen MR) is 104 cm³/mol. The molecule has 150 valence electrons. The van der Waals surface area contributed by atoms with Crippen LogP contribution in [-0.4, -0.2) is 70.8 Å². The highest BCUT2D eigenvalue weighted by atomic mass is 16.2. The Morgan fingerprint density at radius 2 is 1.61 bits per heavy atom. The topological polar surface area (TPSA) is 69.6 Å². The van der Waals surface area contributed by atoms with Crippen molar-refractivity contribution in [3.63, 3.8) is 0 Å². The second-order valence-corrected chi connectivity index (χ2v) is 8.50. The Labute approximate surface area is 168 Å². The highest BCUT2D eigenvalue weighted by Gasteiger charge is 2.60. The first kappa shape index (κ1) is 15.9. The molecule has 2 aliphatic carbocycles. The Morgan fingerprint density at radius 1 is 0.964 bits per heavy atom. The zero-order chi connectivity index (χ0) is 20.9. The van der Waals surface area contributed by atoms with Crippen LogP contribution in [0.25, 0.3) is 0 Å². The van der Waals surface area contributed by atoms with Crippen LogP contribution < -0.4 is 4.90 Å².